The maximum Gasteiger partial charge on any atom is 0.246 e. The molecule has 2 aromatic heterocycles. The van der Waals surface area contributed by atoms with Gasteiger partial charge in [-0.15, -0.1) is 0 Å². The molecule has 0 aliphatic heterocycles. The molecule has 2 rings (SSSR count). The monoisotopic (exact) mass is 219 g/mol. The van der Waals surface area contributed by atoms with E-state index >= 15 is 0 Å². The fourth-order valence-electron chi connectivity index (χ4n) is 1.74. The van der Waals surface area contributed by atoms with Crippen molar-refractivity contribution < 1.29 is 4.52 Å². The molecule has 4 nitrogen and oxygen atoms in total. The second-order valence-electron chi connectivity index (χ2n) is 4.11. The normalized spacial score (nSPS) is 11.0. The molecule has 0 saturated carbocycles. The predicted octanol–water partition coefficient (Wildman–Crippen LogP) is 2.41. The van der Waals surface area contributed by atoms with Crippen LogP contribution in [-0.2, 0) is 13.0 Å². The zero-order chi connectivity index (χ0) is 11.7. The summed E-state index contributed by atoms with van der Waals surface area (Å²) in [4.78, 5) is 4.31. The zero-order valence-electron chi connectivity index (χ0n) is 10.2. The summed E-state index contributed by atoms with van der Waals surface area (Å²) >= 11 is 0. The van der Waals surface area contributed by atoms with Crippen molar-refractivity contribution in [1.29, 1.82) is 0 Å². The highest BCUT2D eigenvalue weighted by Crippen LogP contribution is 2.15. The van der Waals surface area contributed by atoms with Gasteiger partial charge in [-0.1, -0.05) is 12.1 Å². The summed E-state index contributed by atoms with van der Waals surface area (Å²) in [6.45, 7) is 9.04. The van der Waals surface area contributed by atoms with Crippen LogP contribution in [0.5, 0.6) is 0 Å². The lowest BCUT2D eigenvalue weighted by Crippen LogP contribution is -2.01. The molecule has 0 spiro atoms. The second-order valence-corrected chi connectivity index (χ2v) is 4.11. The topological polar surface area (TPSA) is 43.9 Å². The Morgan fingerprint density at radius 3 is 2.56 bits per heavy atom. The molecule has 2 aromatic rings. The van der Waals surface area contributed by atoms with Crippen LogP contribution in [0.4, 0.5) is 0 Å². The highest BCUT2D eigenvalue weighted by atomic mass is 16.5. The van der Waals surface area contributed by atoms with E-state index in [1.165, 1.54) is 16.8 Å². The minimum absolute atomic E-state index is 0.660. The van der Waals surface area contributed by atoms with Crippen LogP contribution in [0.1, 0.15) is 35.5 Å². The van der Waals surface area contributed by atoms with E-state index in [0.29, 0.717) is 12.4 Å². The van der Waals surface area contributed by atoms with Crippen LogP contribution >= 0.6 is 0 Å². The van der Waals surface area contributed by atoms with Gasteiger partial charge in [0.25, 0.3) is 0 Å². The van der Waals surface area contributed by atoms with Crippen molar-refractivity contribution >= 4 is 0 Å². The summed E-state index contributed by atoms with van der Waals surface area (Å²) in [6.07, 6.45) is 2.94. The average Bonchev–Trinajstić information content (AvgIpc) is 2.81. The van der Waals surface area contributed by atoms with Gasteiger partial charge >= 0.3 is 0 Å². The zero-order valence-corrected chi connectivity index (χ0v) is 10.2. The Morgan fingerprint density at radius 2 is 2.06 bits per heavy atom. The molecule has 0 bridgehead atoms. The van der Waals surface area contributed by atoms with Gasteiger partial charge in [-0.3, -0.25) is 0 Å². The van der Waals surface area contributed by atoms with Crippen LogP contribution in [0.25, 0.3) is 0 Å². The van der Waals surface area contributed by atoms with Gasteiger partial charge in [0, 0.05) is 18.3 Å². The Hall–Kier alpha value is -1.58. The molecule has 2 heterocycles. The van der Waals surface area contributed by atoms with Crippen LogP contribution < -0.4 is 0 Å². The third-order valence-electron chi connectivity index (χ3n) is 3.05. The first-order valence-corrected chi connectivity index (χ1v) is 5.56. The average molecular weight is 219 g/mol. The lowest BCUT2D eigenvalue weighted by atomic mass is 10.2. The van der Waals surface area contributed by atoms with Crippen LogP contribution in [0.3, 0.4) is 0 Å². The molecule has 0 radical (unpaired) electrons. The Morgan fingerprint density at radius 1 is 1.31 bits per heavy atom. The minimum Gasteiger partial charge on any atom is -0.342 e. The van der Waals surface area contributed by atoms with Crippen molar-refractivity contribution in [3.8, 4) is 0 Å². The molecule has 16 heavy (non-hydrogen) atoms. The van der Waals surface area contributed by atoms with Crippen molar-refractivity contribution in [1.82, 2.24) is 14.7 Å². The number of aromatic nitrogens is 3. The maximum absolute atomic E-state index is 5.18. The van der Waals surface area contributed by atoms with Gasteiger partial charge in [0.2, 0.25) is 5.89 Å². The van der Waals surface area contributed by atoms with Gasteiger partial charge < -0.3 is 9.09 Å². The van der Waals surface area contributed by atoms with Gasteiger partial charge in [0.05, 0.1) is 0 Å². The quantitative estimate of drug-likeness (QED) is 0.796. The molecule has 86 valence electrons. The fourth-order valence-corrected chi connectivity index (χ4v) is 1.74. The van der Waals surface area contributed by atoms with E-state index in [-0.39, 0.29) is 0 Å². The van der Waals surface area contributed by atoms with Gasteiger partial charge in [-0.2, -0.15) is 4.98 Å². The van der Waals surface area contributed by atoms with Crippen molar-refractivity contribution in [3.63, 3.8) is 0 Å². The Kier molecular flexibility index (Phi) is 2.81. The first-order chi connectivity index (χ1) is 7.61. The van der Waals surface area contributed by atoms with E-state index < -0.39 is 0 Å². The van der Waals surface area contributed by atoms with Crippen LogP contribution in [0.15, 0.2) is 10.7 Å². The summed E-state index contributed by atoms with van der Waals surface area (Å²) in [6, 6.07) is 0. The maximum atomic E-state index is 5.18. The molecule has 4 heteroatoms. The van der Waals surface area contributed by atoms with Crippen molar-refractivity contribution in [2.75, 3.05) is 0 Å². The summed E-state index contributed by atoms with van der Waals surface area (Å²) in [5.74, 6) is 1.45. The largest absolute Gasteiger partial charge is 0.342 e. The SMILES string of the molecule is CCc1noc(Cn2cc(C)c(C)c2C)n1. The smallest absolute Gasteiger partial charge is 0.246 e. The fraction of sp³-hybridized carbons (Fsp3) is 0.500. The number of hydrogen-bond acceptors (Lipinski definition) is 3. The second kappa shape index (κ2) is 4.12. The molecule has 0 fully saturated rings. The lowest BCUT2D eigenvalue weighted by molar-refractivity contribution is 0.366. The number of nitrogens with zero attached hydrogens (tertiary/aromatic N) is 3. The summed E-state index contributed by atoms with van der Waals surface area (Å²) in [5, 5.41) is 3.89. The Balaban J connectivity index is 2.23. The highest BCUT2D eigenvalue weighted by molar-refractivity contribution is 5.29. The highest BCUT2D eigenvalue weighted by Gasteiger charge is 2.09. The molecule has 0 N–H and O–H groups in total. The van der Waals surface area contributed by atoms with Gasteiger partial charge in [-0.25, -0.2) is 0 Å². The van der Waals surface area contributed by atoms with Gasteiger partial charge in [-0.05, 0) is 31.9 Å². The standard InChI is InChI=1S/C12H17N3O/c1-5-11-13-12(16-14-11)7-15-6-8(2)9(3)10(15)4/h6H,5,7H2,1-4H3. The van der Waals surface area contributed by atoms with Crippen molar-refractivity contribution in [2.24, 2.45) is 0 Å². The van der Waals surface area contributed by atoms with Crippen LogP contribution in [0.2, 0.25) is 0 Å². The molecule has 0 aliphatic rings. The van der Waals surface area contributed by atoms with Crippen molar-refractivity contribution in [2.45, 2.75) is 40.7 Å². The van der Waals surface area contributed by atoms with E-state index in [2.05, 4.69) is 41.7 Å². The molecule has 0 atom stereocenters. The third kappa shape index (κ3) is 1.87. The van der Waals surface area contributed by atoms with Gasteiger partial charge in [0.15, 0.2) is 5.82 Å². The first-order valence-electron chi connectivity index (χ1n) is 5.56. The molecular formula is C12H17N3O. The number of rotatable bonds is 3. The Labute approximate surface area is 95.3 Å². The number of aryl methyl sites for hydroxylation is 2. The predicted molar refractivity (Wildman–Crippen MR) is 61.4 cm³/mol. The van der Waals surface area contributed by atoms with Crippen LogP contribution in [0, 0.1) is 20.8 Å². The summed E-state index contributed by atoms with van der Waals surface area (Å²) in [7, 11) is 0. The molecule has 0 amide bonds. The van der Waals surface area contributed by atoms with E-state index in [9.17, 15) is 0 Å². The van der Waals surface area contributed by atoms with Gasteiger partial charge in [0.1, 0.15) is 6.54 Å². The summed E-state index contributed by atoms with van der Waals surface area (Å²) < 4.78 is 7.33. The van der Waals surface area contributed by atoms with E-state index in [0.717, 1.165) is 12.2 Å². The molecular weight excluding hydrogens is 202 g/mol. The lowest BCUT2D eigenvalue weighted by Gasteiger charge is -2.01. The molecule has 0 saturated heterocycles. The minimum atomic E-state index is 0.660. The van der Waals surface area contributed by atoms with Crippen LogP contribution in [-0.4, -0.2) is 14.7 Å². The summed E-state index contributed by atoms with van der Waals surface area (Å²) in [5.41, 5.74) is 3.89. The molecule has 0 aliphatic carbocycles. The first kappa shape index (κ1) is 10.9. The molecule has 0 unspecified atom stereocenters. The molecule has 0 aromatic carbocycles. The third-order valence-corrected chi connectivity index (χ3v) is 3.05. The van der Waals surface area contributed by atoms with Crippen molar-refractivity contribution in [3.05, 3.63) is 34.7 Å². The number of hydrogen-bond donors (Lipinski definition) is 0. The van der Waals surface area contributed by atoms with E-state index in [1.807, 2.05) is 6.92 Å². The Bertz CT molecular complexity index is 496. The van der Waals surface area contributed by atoms with E-state index in [4.69, 9.17) is 4.52 Å². The van der Waals surface area contributed by atoms with E-state index in [1.54, 1.807) is 0 Å².